The Labute approximate surface area is 189 Å². The number of aryl methyl sites for hydroxylation is 1. The number of nitrogens with one attached hydrogen (secondary N) is 2. The van der Waals surface area contributed by atoms with E-state index in [9.17, 15) is 9.59 Å². The molecule has 0 bridgehead atoms. The predicted molar refractivity (Wildman–Crippen MR) is 129 cm³/mol. The van der Waals surface area contributed by atoms with E-state index in [4.69, 9.17) is 4.74 Å². The van der Waals surface area contributed by atoms with E-state index in [1.54, 1.807) is 31.2 Å². The fourth-order valence-electron chi connectivity index (χ4n) is 3.14. The van der Waals surface area contributed by atoms with Gasteiger partial charge in [0, 0.05) is 16.9 Å². The van der Waals surface area contributed by atoms with Crippen LogP contribution in [0.4, 0.5) is 11.4 Å². The normalized spacial score (nSPS) is 12.0. The van der Waals surface area contributed by atoms with Gasteiger partial charge >= 0.3 is 0 Å². The minimum atomic E-state index is -0.647. The van der Waals surface area contributed by atoms with Gasteiger partial charge in [0.1, 0.15) is 5.75 Å². The summed E-state index contributed by atoms with van der Waals surface area (Å²) in [5, 5.41) is 5.72. The van der Waals surface area contributed by atoms with Crippen molar-refractivity contribution >= 4 is 23.2 Å². The standard InChI is InChI=1S/C27H30N2O3/c1-18-8-6-7-9-24(18)32-19(2)25(30)28-22-14-16-23(17-15-22)29-26(31)20-10-12-21(13-11-20)27(3,4)5/h6-17,19H,1-5H3,(H,28,30)(H,29,31). The van der Waals surface area contributed by atoms with E-state index in [2.05, 4.69) is 31.4 Å². The summed E-state index contributed by atoms with van der Waals surface area (Å²) in [5.41, 5.74) is 4.06. The second kappa shape index (κ2) is 9.69. The maximum absolute atomic E-state index is 12.5. The first-order chi connectivity index (χ1) is 15.1. The van der Waals surface area contributed by atoms with Crippen molar-refractivity contribution in [2.45, 2.75) is 46.1 Å². The van der Waals surface area contributed by atoms with Gasteiger partial charge in [0.05, 0.1) is 0 Å². The van der Waals surface area contributed by atoms with Crippen LogP contribution in [0.25, 0.3) is 0 Å². The van der Waals surface area contributed by atoms with E-state index in [-0.39, 0.29) is 17.2 Å². The molecule has 166 valence electrons. The third-order valence-electron chi connectivity index (χ3n) is 5.19. The molecule has 2 N–H and O–H groups in total. The zero-order chi connectivity index (χ0) is 23.3. The third-order valence-corrected chi connectivity index (χ3v) is 5.19. The van der Waals surface area contributed by atoms with Crippen molar-refractivity contribution in [2.24, 2.45) is 0 Å². The van der Waals surface area contributed by atoms with Crippen molar-refractivity contribution in [1.29, 1.82) is 0 Å². The van der Waals surface area contributed by atoms with Crippen molar-refractivity contribution in [1.82, 2.24) is 0 Å². The van der Waals surface area contributed by atoms with Crippen LogP contribution in [-0.2, 0) is 10.2 Å². The van der Waals surface area contributed by atoms with Crippen molar-refractivity contribution in [3.63, 3.8) is 0 Å². The second-order valence-corrected chi connectivity index (χ2v) is 8.87. The zero-order valence-electron chi connectivity index (χ0n) is 19.2. The Morgan fingerprint density at radius 1 is 0.812 bits per heavy atom. The number of hydrogen-bond donors (Lipinski definition) is 2. The van der Waals surface area contributed by atoms with Gasteiger partial charge in [0.2, 0.25) is 0 Å². The maximum atomic E-state index is 12.5. The van der Waals surface area contributed by atoms with E-state index in [0.29, 0.717) is 22.7 Å². The lowest BCUT2D eigenvalue weighted by molar-refractivity contribution is -0.122. The van der Waals surface area contributed by atoms with Gasteiger partial charge in [-0.25, -0.2) is 0 Å². The van der Waals surface area contributed by atoms with Crippen LogP contribution in [0.5, 0.6) is 5.75 Å². The van der Waals surface area contributed by atoms with E-state index >= 15 is 0 Å². The summed E-state index contributed by atoms with van der Waals surface area (Å²) in [4.78, 5) is 25.0. The van der Waals surface area contributed by atoms with Crippen LogP contribution in [0.3, 0.4) is 0 Å². The Morgan fingerprint density at radius 3 is 1.94 bits per heavy atom. The van der Waals surface area contributed by atoms with E-state index in [1.807, 2.05) is 55.5 Å². The fourth-order valence-corrected chi connectivity index (χ4v) is 3.14. The molecule has 0 aliphatic heterocycles. The van der Waals surface area contributed by atoms with Gasteiger partial charge in [0.15, 0.2) is 6.10 Å². The van der Waals surface area contributed by atoms with Crippen molar-refractivity contribution in [3.8, 4) is 5.75 Å². The van der Waals surface area contributed by atoms with Gasteiger partial charge in [-0.15, -0.1) is 0 Å². The minimum Gasteiger partial charge on any atom is -0.481 e. The van der Waals surface area contributed by atoms with Crippen LogP contribution in [0.15, 0.2) is 72.8 Å². The number of para-hydroxylation sites is 1. The smallest absolute Gasteiger partial charge is 0.265 e. The first kappa shape index (κ1) is 23.1. The molecule has 3 aromatic carbocycles. The minimum absolute atomic E-state index is 0.0394. The Kier molecular flexibility index (Phi) is 6.98. The van der Waals surface area contributed by atoms with E-state index < -0.39 is 6.10 Å². The Balaban J connectivity index is 1.57. The molecular formula is C27H30N2O3. The second-order valence-electron chi connectivity index (χ2n) is 8.87. The molecule has 0 aliphatic rings. The molecular weight excluding hydrogens is 400 g/mol. The molecule has 0 spiro atoms. The van der Waals surface area contributed by atoms with Gasteiger partial charge in [-0.05, 0) is 72.9 Å². The molecule has 3 rings (SSSR count). The van der Waals surface area contributed by atoms with Crippen molar-refractivity contribution < 1.29 is 14.3 Å². The molecule has 0 saturated heterocycles. The van der Waals surface area contributed by atoms with Crippen LogP contribution in [-0.4, -0.2) is 17.9 Å². The van der Waals surface area contributed by atoms with E-state index in [1.165, 1.54) is 5.56 Å². The van der Waals surface area contributed by atoms with Crippen LogP contribution in [0, 0.1) is 6.92 Å². The maximum Gasteiger partial charge on any atom is 0.265 e. The summed E-state index contributed by atoms with van der Waals surface area (Å²) in [6.07, 6.45) is -0.647. The molecule has 0 saturated carbocycles. The predicted octanol–water partition coefficient (Wildman–Crippen LogP) is 5.95. The summed E-state index contributed by atoms with van der Waals surface area (Å²) in [7, 11) is 0. The molecule has 0 radical (unpaired) electrons. The zero-order valence-corrected chi connectivity index (χ0v) is 19.2. The Hall–Kier alpha value is -3.60. The quantitative estimate of drug-likeness (QED) is 0.508. The monoisotopic (exact) mass is 430 g/mol. The molecule has 5 nitrogen and oxygen atoms in total. The lowest BCUT2D eigenvalue weighted by Crippen LogP contribution is -2.30. The summed E-state index contributed by atoms with van der Waals surface area (Å²) in [5.74, 6) is 0.259. The van der Waals surface area contributed by atoms with Crippen LogP contribution >= 0.6 is 0 Å². The van der Waals surface area contributed by atoms with Gasteiger partial charge in [-0.2, -0.15) is 0 Å². The van der Waals surface area contributed by atoms with E-state index in [0.717, 1.165) is 5.56 Å². The highest BCUT2D eigenvalue weighted by atomic mass is 16.5. The molecule has 3 aromatic rings. The molecule has 1 unspecified atom stereocenters. The average molecular weight is 431 g/mol. The SMILES string of the molecule is Cc1ccccc1OC(C)C(=O)Nc1ccc(NC(=O)c2ccc(C(C)(C)C)cc2)cc1. The molecule has 0 fully saturated rings. The number of ether oxygens (including phenoxy) is 1. The highest BCUT2D eigenvalue weighted by Crippen LogP contribution is 2.23. The van der Waals surface area contributed by atoms with Crippen LogP contribution in [0.1, 0.15) is 49.2 Å². The lowest BCUT2D eigenvalue weighted by Gasteiger charge is -2.19. The Bertz CT molecular complexity index is 1080. The number of anilines is 2. The number of amides is 2. The summed E-state index contributed by atoms with van der Waals surface area (Å²) < 4.78 is 5.76. The molecule has 2 amide bonds. The highest BCUT2D eigenvalue weighted by molar-refractivity contribution is 6.04. The van der Waals surface area contributed by atoms with Gasteiger partial charge < -0.3 is 15.4 Å². The molecule has 32 heavy (non-hydrogen) atoms. The topological polar surface area (TPSA) is 67.4 Å². The van der Waals surface area contributed by atoms with Crippen LogP contribution < -0.4 is 15.4 Å². The number of rotatable bonds is 6. The molecule has 0 heterocycles. The summed E-state index contributed by atoms with van der Waals surface area (Å²) in [6.45, 7) is 10.1. The summed E-state index contributed by atoms with van der Waals surface area (Å²) >= 11 is 0. The molecule has 1 atom stereocenters. The summed E-state index contributed by atoms with van der Waals surface area (Å²) in [6, 6.07) is 22.2. The number of benzene rings is 3. The number of carbonyl (C=O) groups excluding carboxylic acids is 2. The van der Waals surface area contributed by atoms with Gasteiger partial charge in [-0.1, -0.05) is 51.1 Å². The molecule has 0 aliphatic carbocycles. The van der Waals surface area contributed by atoms with Crippen molar-refractivity contribution in [3.05, 3.63) is 89.5 Å². The van der Waals surface area contributed by atoms with Crippen LogP contribution in [0.2, 0.25) is 0 Å². The van der Waals surface area contributed by atoms with Gasteiger partial charge in [-0.3, -0.25) is 9.59 Å². The van der Waals surface area contributed by atoms with Crippen molar-refractivity contribution in [2.75, 3.05) is 10.6 Å². The number of carbonyl (C=O) groups is 2. The third kappa shape index (κ3) is 5.97. The van der Waals surface area contributed by atoms with Gasteiger partial charge in [0.25, 0.3) is 11.8 Å². The molecule has 0 aromatic heterocycles. The molecule has 5 heteroatoms. The lowest BCUT2D eigenvalue weighted by atomic mass is 9.87. The highest BCUT2D eigenvalue weighted by Gasteiger charge is 2.16. The first-order valence-electron chi connectivity index (χ1n) is 10.7. The fraction of sp³-hybridized carbons (Fsp3) is 0.259. The largest absolute Gasteiger partial charge is 0.481 e. The first-order valence-corrected chi connectivity index (χ1v) is 10.7. The Morgan fingerprint density at radius 2 is 1.38 bits per heavy atom. The number of hydrogen-bond acceptors (Lipinski definition) is 3. The average Bonchev–Trinajstić information content (AvgIpc) is 2.76.